The van der Waals surface area contributed by atoms with Gasteiger partial charge in [0.05, 0.1) is 5.69 Å². The maximum Gasteiger partial charge on any atom is 0.356 e. The number of para-hydroxylation sites is 1. The molecule has 1 heterocycles. The normalized spacial score (nSPS) is 10.4. The van der Waals surface area contributed by atoms with Crippen molar-refractivity contribution >= 4 is 17.5 Å². The van der Waals surface area contributed by atoms with Gasteiger partial charge in [-0.25, -0.2) is 9.78 Å². The van der Waals surface area contributed by atoms with Crippen molar-refractivity contribution < 1.29 is 9.90 Å². The first-order chi connectivity index (χ1) is 9.95. The monoisotopic (exact) mass is 287 g/mol. The van der Waals surface area contributed by atoms with Crippen LogP contribution < -0.4 is 10.9 Å². The Morgan fingerprint density at radius 2 is 2.05 bits per heavy atom. The molecule has 0 bridgehead atoms. The highest BCUT2D eigenvalue weighted by molar-refractivity contribution is 5.87. The fourth-order valence-corrected chi connectivity index (χ4v) is 2.07. The summed E-state index contributed by atoms with van der Waals surface area (Å²) in [5.41, 5.74) is 1.61. The van der Waals surface area contributed by atoms with Crippen LogP contribution in [0.15, 0.2) is 29.1 Å². The minimum atomic E-state index is -1.16. The molecule has 0 aliphatic heterocycles. The first kappa shape index (κ1) is 14.8. The maximum atomic E-state index is 12.2. The first-order valence-corrected chi connectivity index (χ1v) is 6.61. The van der Waals surface area contributed by atoms with Gasteiger partial charge in [-0.15, -0.1) is 0 Å². The molecular weight excluding hydrogens is 270 g/mol. The molecule has 21 heavy (non-hydrogen) atoms. The summed E-state index contributed by atoms with van der Waals surface area (Å²) in [4.78, 5) is 27.4. The number of nitrogens with one attached hydrogen (secondary N) is 1. The standard InChI is InChI=1S/C15H17N3O3/c1-4-10-7-5-6-8-11(10)16-13-14(19)18(3)9(2)12(17-13)15(20)21/h5-8H,4H2,1-3H3,(H,16,17)(H,20,21). The van der Waals surface area contributed by atoms with Gasteiger partial charge in [0, 0.05) is 12.7 Å². The molecule has 0 aliphatic carbocycles. The summed E-state index contributed by atoms with van der Waals surface area (Å²) < 4.78 is 1.29. The zero-order valence-corrected chi connectivity index (χ0v) is 12.2. The molecule has 1 aromatic heterocycles. The molecule has 0 saturated heterocycles. The molecule has 2 aromatic rings. The van der Waals surface area contributed by atoms with Gasteiger partial charge in [-0.1, -0.05) is 25.1 Å². The summed E-state index contributed by atoms with van der Waals surface area (Å²) in [7, 11) is 1.53. The van der Waals surface area contributed by atoms with E-state index in [2.05, 4.69) is 10.3 Å². The van der Waals surface area contributed by atoms with Crippen molar-refractivity contribution in [3.63, 3.8) is 0 Å². The topological polar surface area (TPSA) is 84.2 Å². The lowest BCUT2D eigenvalue weighted by atomic mass is 10.1. The zero-order chi connectivity index (χ0) is 15.6. The van der Waals surface area contributed by atoms with Gasteiger partial charge >= 0.3 is 5.97 Å². The number of benzene rings is 1. The molecule has 0 aliphatic rings. The Labute approximate surface area is 122 Å². The highest BCUT2D eigenvalue weighted by Gasteiger charge is 2.17. The lowest BCUT2D eigenvalue weighted by Gasteiger charge is -2.13. The molecule has 2 N–H and O–H groups in total. The average molecular weight is 287 g/mol. The number of carbonyl (C=O) groups is 1. The Morgan fingerprint density at radius 3 is 2.67 bits per heavy atom. The molecule has 0 saturated carbocycles. The zero-order valence-electron chi connectivity index (χ0n) is 12.2. The van der Waals surface area contributed by atoms with Gasteiger partial charge in [-0.3, -0.25) is 4.79 Å². The number of nitrogens with zero attached hydrogens (tertiary/aromatic N) is 2. The summed E-state index contributed by atoms with van der Waals surface area (Å²) in [5.74, 6) is -1.14. The van der Waals surface area contributed by atoms with Crippen LogP contribution >= 0.6 is 0 Å². The van der Waals surface area contributed by atoms with E-state index >= 15 is 0 Å². The Kier molecular flexibility index (Phi) is 4.07. The van der Waals surface area contributed by atoms with E-state index in [0.29, 0.717) is 5.69 Å². The molecule has 1 aromatic carbocycles. The third-order valence-corrected chi connectivity index (χ3v) is 3.43. The molecule has 6 nitrogen and oxygen atoms in total. The van der Waals surface area contributed by atoms with E-state index in [0.717, 1.165) is 17.7 Å². The second-order valence-electron chi connectivity index (χ2n) is 4.70. The van der Waals surface area contributed by atoms with Crippen LogP contribution in [0.4, 0.5) is 11.5 Å². The first-order valence-electron chi connectivity index (χ1n) is 6.61. The lowest BCUT2D eigenvalue weighted by molar-refractivity contribution is 0.0688. The number of hydrogen-bond donors (Lipinski definition) is 2. The number of hydrogen-bond acceptors (Lipinski definition) is 4. The second-order valence-corrected chi connectivity index (χ2v) is 4.70. The SMILES string of the molecule is CCc1ccccc1Nc1nc(C(=O)O)c(C)n(C)c1=O. The van der Waals surface area contributed by atoms with E-state index in [-0.39, 0.29) is 17.1 Å². The summed E-state index contributed by atoms with van der Waals surface area (Å²) in [6.45, 7) is 3.56. The summed E-state index contributed by atoms with van der Waals surface area (Å²) >= 11 is 0. The summed E-state index contributed by atoms with van der Waals surface area (Å²) in [6, 6.07) is 7.53. The minimum Gasteiger partial charge on any atom is -0.476 e. The Hall–Kier alpha value is -2.63. The third kappa shape index (κ3) is 2.79. The van der Waals surface area contributed by atoms with Crippen LogP contribution in [0.2, 0.25) is 0 Å². The number of anilines is 2. The molecule has 2 rings (SSSR count). The molecule has 6 heteroatoms. The molecule has 0 radical (unpaired) electrons. The fourth-order valence-electron chi connectivity index (χ4n) is 2.07. The van der Waals surface area contributed by atoms with E-state index < -0.39 is 5.97 Å². The van der Waals surface area contributed by atoms with Gasteiger partial charge in [0.2, 0.25) is 0 Å². The van der Waals surface area contributed by atoms with Crippen LogP contribution in [0.1, 0.15) is 28.7 Å². The lowest BCUT2D eigenvalue weighted by Crippen LogP contribution is -2.26. The largest absolute Gasteiger partial charge is 0.476 e. The predicted molar refractivity (Wildman–Crippen MR) is 80.3 cm³/mol. The number of rotatable bonds is 4. The van der Waals surface area contributed by atoms with Crippen molar-refractivity contribution in [2.75, 3.05) is 5.32 Å². The van der Waals surface area contributed by atoms with Crippen molar-refractivity contribution in [2.45, 2.75) is 20.3 Å². The van der Waals surface area contributed by atoms with E-state index in [1.165, 1.54) is 11.6 Å². The van der Waals surface area contributed by atoms with Crippen molar-refractivity contribution in [3.05, 3.63) is 51.6 Å². The van der Waals surface area contributed by atoms with Gasteiger partial charge in [0.15, 0.2) is 11.5 Å². The van der Waals surface area contributed by atoms with Gasteiger partial charge in [0.25, 0.3) is 5.56 Å². The van der Waals surface area contributed by atoms with Crippen molar-refractivity contribution in [1.29, 1.82) is 0 Å². The molecule has 110 valence electrons. The van der Waals surface area contributed by atoms with E-state index in [9.17, 15) is 9.59 Å². The predicted octanol–water partition coefficient (Wildman–Crippen LogP) is 2.09. The van der Waals surface area contributed by atoms with Gasteiger partial charge in [0.1, 0.15) is 0 Å². The average Bonchev–Trinajstić information content (AvgIpc) is 2.48. The minimum absolute atomic E-state index is 0.0152. The molecule has 0 unspecified atom stereocenters. The van der Waals surface area contributed by atoms with Crippen molar-refractivity contribution in [2.24, 2.45) is 7.05 Å². The highest BCUT2D eigenvalue weighted by Crippen LogP contribution is 2.19. The van der Waals surface area contributed by atoms with Gasteiger partial charge < -0.3 is 15.0 Å². The van der Waals surface area contributed by atoms with Crippen LogP contribution in [0.25, 0.3) is 0 Å². The van der Waals surface area contributed by atoms with Gasteiger partial charge in [-0.05, 0) is 25.0 Å². The number of aromatic carboxylic acids is 1. The Bertz CT molecular complexity index is 750. The van der Waals surface area contributed by atoms with Crippen molar-refractivity contribution in [1.82, 2.24) is 9.55 Å². The van der Waals surface area contributed by atoms with E-state index in [4.69, 9.17) is 5.11 Å². The molecule has 0 fully saturated rings. The van der Waals surface area contributed by atoms with Gasteiger partial charge in [-0.2, -0.15) is 0 Å². The number of carboxylic acid groups (broad SMARTS) is 1. The highest BCUT2D eigenvalue weighted by atomic mass is 16.4. The molecule has 0 spiro atoms. The van der Waals surface area contributed by atoms with Crippen LogP contribution in [0.5, 0.6) is 0 Å². The van der Waals surface area contributed by atoms with Crippen LogP contribution in [0, 0.1) is 6.92 Å². The van der Waals surface area contributed by atoms with E-state index in [1.54, 1.807) is 6.92 Å². The smallest absolute Gasteiger partial charge is 0.356 e. The number of aromatic nitrogens is 2. The number of aryl methyl sites for hydroxylation is 1. The van der Waals surface area contributed by atoms with E-state index in [1.807, 2.05) is 31.2 Å². The second kappa shape index (κ2) is 5.78. The Balaban J connectivity index is 2.55. The summed E-state index contributed by atoms with van der Waals surface area (Å²) in [5, 5.41) is 12.1. The quantitative estimate of drug-likeness (QED) is 0.899. The van der Waals surface area contributed by atoms with Crippen LogP contribution in [-0.2, 0) is 13.5 Å². The van der Waals surface area contributed by atoms with Crippen LogP contribution in [-0.4, -0.2) is 20.6 Å². The molecule has 0 atom stereocenters. The third-order valence-electron chi connectivity index (χ3n) is 3.43. The summed E-state index contributed by atoms with van der Waals surface area (Å²) in [6.07, 6.45) is 0.793. The van der Waals surface area contributed by atoms with Crippen LogP contribution in [0.3, 0.4) is 0 Å². The van der Waals surface area contributed by atoms with Crippen molar-refractivity contribution in [3.8, 4) is 0 Å². The molecule has 0 amide bonds. The molecular formula is C15H17N3O3. The number of carboxylic acids is 1. The maximum absolute atomic E-state index is 12.2. The Morgan fingerprint density at radius 1 is 1.38 bits per heavy atom. The fraction of sp³-hybridized carbons (Fsp3) is 0.267.